The van der Waals surface area contributed by atoms with Crippen LogP contribution in [0.4, 0.5) is 0 Å². The number of hydrogen-bond donors (Lipinski definition) is 0. The van der Waals surface area contributed by atoms with Crippen molar-refractivity contribution in [3.05, 3.63) is 71.1 Å². The Morgan fingerprint density at radius 2 is 1.76 bits per heavy atom. The van der Waals surface area contributed by atoms with Gasteiger partial charge in [0.25, 0.3) is 0 Å². The number of carbonyl (C=O) groups is 2. The van der Waals surface area contributed by atoms with Gasteiger partial charge in [-0.1, -0.05) is 43.7 Å². The Morgan fingerprint density at radius 3 is 2.49 bits per heavy atom. The zero-order chi connectivity index (χ0) is 25.3. The largest absolute Gasteiger partial charge is 0.299 e. The molecule has 3 saturated carbocycles. The number of Topliss-reactive ketones (excluding diaryl/α,β-unsaturated/α-hetero) is 1. The number of allylic oxidation sites excluding steroid dienone is 4. The molecular weight excluding hydrogens is 456 g/mol. The molecule has 5 aliphatic rings. The van der Waals surface area contributed by atoms with Gasteiger partial charge in [-0.15, -0.1) is 0 Å². The molecule has 7 rings (SSSR count). The van der Waals surface area contributed by atoms with Crippen LogP contribution in [0.2, 0.25) is 0 Å². The van der Waals surface area contributed by atoms with E-state index in [1.807, 2.05) is 12.1 Å². The summed E-state index contributed by atoms with van der Waals surface area (Å²) in [5.41, 5.74) is 6.77. The molecule has 0 N–H and O–H groups in total. The molecular formula is C33H36N2O2. The van der Waals surface area contributed by atoms with Crippen LogP contribution in [0.5, 0.6) is 0 Å². The summed E-state index contributed by atoms with van der Waals surface area (Å²) in [5.74, 6) is 3.91. The number of hydrogen-bond acceptors (Lipinski definition) is 4. The minimum absolute atomic E-state index is 0.0331. The molecule has 1 heterocycles. The van der Waals surface area contributed by atoms with Crippen molar-refractivity contribution >= 4 is 11.6 Å². The first-order valence-electron chi connectivity index (χ1n) is 14.3. The number of nitrogens with zero attached hydrogens (tertiary/aromatic N) is 2. The number of fused-ring (bicyclic) bond motifs is 4. The minimum atomic E-state index is 0.0331. The molecule has 0 radical (unpaired) electrons. The highest BCUT2D eigenvalue weighted by molar-refractivity contribution is 5.93. The van der Waals surface area contributed by atoms with Gasteiger partial charge in [0.1, 0.15) is 5.78 Å². The van der Waals surface area contributed by atoms with Gasteiger partial charge >= 0.3 is 0 Å². The lowest BCUT2D eigenvalue weighted by Crippen LogP contribution is -2.45. The van der Waals surface area contributed by atoms with Crippen LogP contribution in [0.15, 0.2) is 65.5 Å². The number of rotatable bonds is 4. The minimum Gasteiger partial charge on any atom is -0.299 e. The lowest BCUT2D eigenvalue weighted by Gasteiger charge is -2.52. The maximum atomic E-state index is 13.7. The van der Waals surface area contributed by atoms with Gasteiger partial charge in [-0.2, -0.15) is 0 Å². The molecule has 0 spiro atoms. The monoisotopic (exact) mass is 492 g/mol. The molecule has 190 valence electrons. The van der Waals surface area contributed by atoms with Crippen LogP contribution in [-0.4, -0.2) is 21.5 Å². The molecule has 37 heavy (non-hydrogen) atoms. The van der Waals surface area contributed by atoms with E-state index in [1.165, 1.54) is 16.7 Å². The Kier molecular flexibility index (Phi) is 5.39. The summed E-state index contributed by atoms with van der Waals surface area (Å²) >= 11 is 0. The first-order valence-corrected chi connectivity index (χ1v) is 14.3. The third-order valence-electron chi connectivity index (χ3n) is 10.5. The maximum absolute atomic E-state index is 13.7. The number of aromatic nitrogens is 2. The highest BCUT2D eigenvalue weighted by Gasteiger charge is 2.61. The molecule has 4 heteroatoms. The van der Waals surface area contributed by atoms with Crippen molar-refractivity contribution in [1.29, 1.82) is 0 Å². The molecule has 2 aromatic rings. The first kappa shape index (κ1) is 23.3. The smallest absolute Gasteiger partial charge is 0.159 e. The highest BCUT2D eigenvalue weighted by Crippen LogP contribution is 2.67. The van der Waals surface area contributed by atoms with Crippen LogP contribution >= 0.6 is 0 Å². The Hall–Kier alpha value is -2.88. The van der Waals surface area contributed by atoms with Crippen molar-refractivity contribution in [2.24, 2.45) is 35.0 Å². The lowest BCUT2D eigenvalue weighted by molar-refractivity contribution is -0.130. The summed E-state index contributed by atoms with van der Waals surface area (Å²) < 4.78 is 0. The standard InChI is InChI=1S/C33H36N2O2/c1-19-16-28-26-12-10-23-17-24(36)11-13-25(23)29(26)27(18-33(28,2)30(19)31(37)21-6-7-21)20-4-8-22(9-5-20)32-34-14-3-15-35-32/h3-5,8-9,14-15,17,19,21,26-28,30H,6-7,10-13,16,18H2,1-2H3/t19-,26+,27-,28+,30-,33+/m1/s1. The fraction of sp³-hybridized carbons (Fsp3) is 0.515. The fourth-order valence-corrected chi connectivity index (χ4v) is 8.87. The molecule has 0 amide bonds. The zero-order valence-electron chi connectivity index (χ0n) is 22.0. The molecule has 1 aromatic heterocycles. The van der Waals surface area contributed by atoms with E-state index in [0.717, 1.165) is 56.3 Å². The van der Waals surface area contributed by atoms with Crippen LogP contribution in [0, 0.1) is 35.0 Å². The maximum Gasteiger partial charge on any atom is 0.159 e. The van der Waals surface area contributed by atoms with Gasteiger partial charge in [0.2, 0.25) is 0 Å². The molecule has 6 atom stereocenters. The Morgan fingerprint density at radius 1 is 1.00 bits per heavy atom. The topological polar surface area (TPSA) is 59.9 Å². The molecule has 3 fully saturated rings. The van der Waals surface area contributed by atoms with Crippen LogP contribution in [0.3, 0.4) is 0 Å². The van der Waals surface area contributed by atoms with E-state index >= 15 is 0 Å². The van der Waals surface area contributed by atoms with Gasteiger partial charge in [-0.3, -0.25) is 9.59 Å². The molecule has 0 saturated heterocycles. The van der Waals surface area contributed by atoms with Gasteiger partial charge in [0, 0.05) is 42.1 Å². The van der Waals surface area contributed by atoms with Gasteiger partial charge < -0.3 is 0 Å². The molecule has 5 aliphatic carbocycles. The van der Waals surface area contributed by atoms with Crippen LogP contribution in [0.1, 0.15) is 76.7 Å². The third-order valence-corrected chi connectivity index (χ3v) is 10.5. The zero-order valence-corrected chi connectivity index (χ0v) is 22.0. The van der Waals surface area contributed by atoms with Crippen molar-refractivity contribution in [3.63, 3.8) is 0 Å². The van der Waals surface area contributed by atoms with E-state index < -0.39 is 0 Å². The summed E-state index contributed by atoms with van der Waals surface area (Å²) in [6.07, 6.45) is 13.5. The summed E-state index contributed by atoms with van der Waals surface area (Å²) in [4.78, 5) is 34.9. The second-order valence-electron chi connectivity index (χ2n) is 12.6. The number of carbonyl (C=O) groups excluding carboxylic acids is 2. The quantitative estimate of drug-likeness (QED) is 0.467. The number of ketones is 2. The molecule has 1 aromatic carbocycles. The predicted octanol–water partition coefficient (Wildman–Crippen LogP) is 6.88. The molecule has 0 unspecified atom stereocenters. The van der Waals surface area contributed by atoms with E-state index in [9.17, 15) is 9.59 Å². The van der Waals surface area contributed by atoms with Crippen molar-refractivity contribution in [3.8, 4) is 11.4 Å². The summed E-state index contributed by atoms with van der Waals surface area (Å²) in [6.45, 7) is 4.81. The van der Waals surface area contributed by atoms with Crippen LogP contribution in [-0.2, 0) is 9.59 Å². The second-order valence-corrected chi connectivity index (χ2v) is 12.6. The van der Waals surface area contributed by atoms with Gasteiger partial charge in [0.05, 0.1) is 0 Å². The predicted molar refractivity (Wildman–Crippen MR) is 143 cm³/mol. The molecule has 0 bridgehead atoms. The van der Waals surface area contributed by atoms with Crippen molar-refractivity contribution in [1.82, 2.24) is 9.97 Å². The average Bonchev–Trinajstić information content (AvgIpc) is 3.72. The van der Waals surface area contributed by atoms with E-state index in [4.69, 9.17) is 0 Å². The summed E-state index contributed by atoms with van der Waals surface area (Å²) in [7, 11) is 0. The highest BCUT2D eigenvalue weighted by atomic mass is 16.1. The Labute approximate surface area is 219 Å². The van der Waals surface area contributed by atoms with Crippen molar-refractivity contribution in [2.75, 3.05) is 0 Å². The average molecular weight is 493 g/mol. The van der Waals surface area contributed by atoms with Crippen LogP contribution < -0.4 is 0 Å². The molecule has 4 nitrogen and oxygen atoms in total. The van der Waals surface area contributed by atoms with Crippen molar-refractivity contribution in [2.45, 2.75) is 71.1 Å². The van der Waals surface area contributed by atoms with Gasteiger partial charge in [0.15, 0.2) is 11.6 Å². The fourth-order valence-electron chi connectivity index (χ4n) is 8.87. The Balaban J connectivity index is 1.34. The SMILES string of the molecule is C[C@@H]1C[C@H]2[C@@H]3CCC4=CC(=O)CCC4=C3[C@@H](c3ccc(-c4ncccn4)cc3)C[C@]2(C)[C@H]1C(=O)C1CC1. The second kappa shape index (κ2) is 8.58. The van der Waals surface area contributed by atoms with E-state index in [-0.39, 0.29) is 17.1 Å². The van der Waals surface area contributed by atoms with Gasteiger partial charge in [-0.25, -0.2) is 9.97 Å². The summed E-state index contributed by atoms with van der Waals surface area (Å²) in [6, 6.07) is 10.7. The van der Waals surface area contributed by atoms with E-state index in [1.54, 1.807) is 18.0 Å². The molecule has 0 aliphatic heterocycles. The normalized spacial score (nSPS) is 34.9. The Bertz CT molecular complexity index is 1320. The van der Waals surface area contributed by atoms with Crippen molar-refractivity contribution < 1.29 is 9.59 Å². The van der Waals surface area contributed by atoms with Gasteiger partial charge in [-0.05, 0) is 97.0 Å². The lowest BCUT2D eigenvalue weighted by atomic mass is 9.51. The number of benzene rings is 1. The van der Waals surface area contributed by atoms with Crippen LogP contribution in [0.25, 0.3) is 11.4 Å². The first-order chi connectivity index (χ1) is 17.9. The third kappa shape index (κ3) is 3.70. The van der Waals surface area contributed by atoms with E-state index in [0.29, 0.717) is 41.8 Å². The van der Waals surface area contributed by atoms with E-state index in [2.05, 4.69) is 48.1 Å². The summed E-state index contributed by atoms with van der Waals surface area (Å²) in [5, 5.41) is 0.